The number of nitrogens with one attached hydrogen (secondary N) is 2. The van der Waals surface area contributed by atoms with E-state index in [4.69, 9.17) is 0 Å². The normalized spacial score (nSPS) is 13.9. The van der Waals surface area contributed by atoms with E-state index in [1.807, 2.05) is 34.6 Å². The highest BCUT2D eigenvalue weighted by Gasteiger charge is 2.17. The van der Waals surface area contributed by atoms with Crippen molar-refractivity contribution in [2.45, 2.75) is 52.7 Å². The van der Waals surface area contributed by atoms with Gasteiger partial charge in [0, 0.05) is 12.1 Å². The number of carbonyl (C=O) groups excluding carboxylic acids is 1. The third kappa shape index (κ3) is 6.80. The van der Waals surface area contributed by atoms with Crippen LogP contribution in [0.5, 0.6) is 0 Å². The summed E-state index contributed by atoms with van der Waals surface area (Å²) in [6.45, 7) is 10.6. The number of amides is 1. The van der Waals surface area contributed by atoms with Gasteiger partial charge in [0.25, 0.3) is 0 Å². The monoisotopic (exact) mass is 230 g/mol. The van der Waals surface area contributed by atoms with Gasteiger partial charge in [0.15, 0.2) is 0 Å². The Hall–Kier alpha value is -0.610. The van der Waals surface area contributed by atoms with Gasteiger partial charge in [-0.25, -0.2) is 0 Å². The Bertz CT molecular complexity index is 215. The summed E-state index contributed by atoms with van der Waals surface area (Å²) in [6.07, 6.45) is 0.500. The molecule has 1 amide bonds. The lowest BCUT2D eigenvalue weighted by molar-refractivity contribution is -0.121. The smallest absolute Gasteiger partial charge is 0.234 e. The van der Waals surface area contributed by atoms with Crippen LogP contribution in [0.2, 0.25) is 0 Å². The molecule has 0 aromatic heterocycles. The summed E-state index contributed by atoms with van der Waals surface area (Å²) in [5, 5.41) is 15.4. The molecule has 16 heavy (non-hydrogen) atoms. The summed E-state index contributed by atoms with van der Waals surface area (Å²) in [5.74, 6) is 0.186. The third-order valence-corrected chi connectivity index (χ3v) is 2.77. The SMILES string of the molecule is CCC(C)(C)NC(=O)CNCC(O)C(C)C. The highest BCUT2D eigenvalue weighted by Crippen LogP contribution is 2.05. The van der Waals surface area contributed by atoms with Crippen molar-refractivity contribution in [2.75, 3.05) is 13.1 Å². The predicted octanol–water partition coefficient (Wildman–Crippen LogP) is 0.898. The quantitative estimate of drug-likeness (QED) is 0.609. The molecule has 0 aromatic carbocycles. The van der Waals surface area contributed by atoms with Crippen LogP contribution in [0, 0.1) is 5.92 Å². The number of rotatable bonds is 7. The molecule has 3 N–H and O–H groups in total. The fourth-order valence-electron chi connectivity index (χ4n) is 1.08. The van der Waals surface area contributed by atoms with Crippen molar-refractivity contribution in [2.24, 2.45) is 5.92 Å². The van der Waals surface area contributed by atoms with E-state index in [1.54, 1.807) is 0 Å². The molecule has 0 saturated heterocycles. The minimum atomic E-state index is -0.396. The Morgan fingerprint density at radius 1 is 1.38 bits per heavy atom. The van der Waals surface area contributed by atoms with Gasteiger partial charge in [0.2, 0.25) is 5.91 Å². The van der Waals surface area contributed by atoms with E-state index < -0.39 is 6.10 Å². The average Bonchev–Trinajstić information content (AvgIpc) is 2.16. The second-order valence-corrected chi connectivity index (χ2v) is 5.23. The Kier molecular flexibility index (Phi) is 6.60. The molecule has 0 saturated carbocycles. The molecule has 0 bridgehead atoms. The molecule has 0 aliphatic rings. The highest BCUT2D eigenvalue weighted by atomic mass is 16.3. The summed E-state index contributed by atoms with van der Waals surface area (Å²) in [6, 6.07) is 0. The van der Waals surface area contributed by atoms with Crippen LogP contribution in [0.4, 0.5) is 0 Å². The van der Waals surface area contributed by atoms with Crippen LogP contribution in [0.1, 0.15) is 41.0 Å². The zero-order chi connectivity index (χ0) is 12.8. The van der Waals surface area contributed by atoms with Crippen LogP contribution in [0.25, 0.3) is 0 Å². The first kappa shape index (κ1) is 15.4. The minimum absolute atomic E-state index is 0.0252. The lowest BCUT2D eigenvalue weighted by Crippen LogP contribution is -2.47. The standard InChI is InChI=1S/C12H26N2O2/c1-6-12(4,5)14-11(16)8-13-7-10(15)9(2)3/h9-10,13,15H,6-8H2,1-5H3,(H,14,16). The lowest BCUT2D eigenvalue weighted by atomic mass is 10.0. The van der Waals surface area contributed by atoms with E-state index in [0.29, 0.717) is 6.54 Å². The molecule has 0 fully saturated rings. The Balaban J connectivity index is 3.75. The van der Waals surface area contributed by atoms with Gasteiger partial charge in [-0.2, -0.15) is 0 Å². The molecular formula is C12H26N2O2. The topological polar surface area (TPSA) is 61.4 Å². The van der Waals surface area contributed by atoms with Gasteiger partial charge in [0.05, 0.1) is 12.6 Å². The molecule has 0 radical (unpaired) electrons. The van der Waals surface area contributed by atoms with Gasteiger partial charge in [-0.05, 0) is 26.2 Å². The summed E-state index contributed by atoms with van der Waals surface area (Å²) >= 11 is 0. The average molecular weight is 230 g/mol. The molecule has 4 heteroatoms. The van der Waals surface area contributed by atoms with Gasteiger partial charge < -0.3 is 15.7 Å². The van der Waals surface area contributed by atoms with Crippen LogP contribution in [-0.2, 0) is 4.79 Å². The zero-order valence-corrected chi connectivity index (χ0v) is 11.1. The summed E-state index contributed by atoms with van der Waals surface area (Å²) < 4.78 is 0. The summed E-state index contributed by atoms with van der Waals surface area (Å²) in [4.78, 5) is 11.5. The molecular weight excluding hydrogens is 204 g/mol. The van der Waals surface area contributed by atoms with Crippen molar-refractivity contribution < 1.29 is 9.90 Å². The van der Waals surface area contributed by atoms with E-state index in [-0.39, 0.29) is 23.9 Å². The Morgan fingerprint density at radius 2 is 1.94 bits per heavy atom. The molecule has 0 heterocycles. The van der Waals surface area contributed by atoms with Crippen LogP contribution >= 0.6 is 0 Å². The Labute approximate surface area is 98.8 Å². The van der Waals surface area contributed by atoms with Crippen molar-refractivity contribution in [1.82, 2.24) is 10.6 Å². The molecule has 4 nitrogen and oxygen atoms in total. The fraction of sp³-hybridized carbons (Fsp3) is 0.917. The van der Waals surface area contributed by atoms with Gasteiger partial charge in [-0.1, -0.05) is 20.8 Å². The minimum Gasteiger partial charge on any atom is -0.392 e. The maximum Gasteiger partial charge on any atom is 0.234 e. The molecule has 96 valence electrons. The highest BCUT2D eigenvalue weighted by molar-refractivity contribution is 5.78. The van der Waals surface area contributed by atoms with E-state index in [0.717, 1.165) is 6.42 Å². The van der Waals surface area contributed by atoms with Gasteiger partial charge in [-0.15, -0.1) is 0 Å². The molecule has 0 rings (SSSR count). The van der Waals surface area contributed by atoms with Crippen LogP contribution in [-0.4, -0.2) is 35.7 Å². The predicted molar refractivity (Wildman–Crippen MR) is 66.2 cm³/mol. The van der Waals surface area contributed by atoms with Gasteiger partial charge in [0.1, 0.15) is 0 Å². The second-order valence-electron chi connectivity index (χ2n) is 5.23. The first-order chi connectivity index (χ1) is 7.28. The fourth-order valence-corrected chi connectivity index (χ4v) is 1.08. The first-order valence-electron chi connectivity index (χ1n) is 5.98. The van der Waals surface area contributed by atoms with Crippen molar-refractivity contribution in [1.29, 1.82) is 0 Å². The van der Waals surface area contributed by atoms with Crippen molar-refractivity contribution >= 4 is 5.91 Å². The molecule has 0 aromatic rings. The first-order valence-corrected chi connectivity index (χ1v) is 5.98. The molecule has 1 atom stereocenters. The van der Waals surface area contributed by atoms with Crippen LogP contribution < -0.4 is 10.6 Å². The zero-order valence-electron chi connectivity index (χ0n) is 11.1. The van der Waals surface area contributed by atoms with E-state index in [9.17, 15) is 9.90 Å². The third-order valence-electron chi connectivity index (χ3n) is 2.77. The number of carbonyl (C=O) groups is 1. The number of hydrogen-bond acceptors (Lipinski definition) is 3. The molecule has 1 unspecified atom stereocenters. The maximum absolute atomic E-state index is 11.5. The van der Waals surface area contributed by atoms with Crippen LogP contribution in [0.15, 0.2) is 0 Å². The summed E-state index contributed by atoms with van der Waals surface area (Å²) in [5.41, 5.74) is -0.157. The molecule has 0 spiro atoms. The molecule has 0 aliphatic heterocycles. The van der Waals surface area contributed by atoms with Gasteiger partial charge >= 0.3 is 0 Å². The van der Waals surface area contributed by atoms with Crippen molar-refractivity contribution in [3.8, 4) is 0 Å². The second kappa shape index (κ2) is 6.86. The van der Waals surface area contributed by atoms with Crippen molar-refractivity contribution in [3.05, 3.63) is 0 Å². The number of aliphatic hydroxyl groups excluding tert-OH is 1. The van der Waals surface area contributed by atoms with Crippen molar-refractivity contribution in [3.63, 3.8) is 0 Å². The van der Waals surface area contributed by atoms with Crippen LogP contribution in [0.3, 0.4) is 0 Å². The largest absolute Gasteiger partial charge is 0.392 e. The molecule has 0 aliphatic carbocycles. The summed E-state index contributed by atoms with van der Waals surface area (Å²) in [7, 11) is 0. The van der Waals surface area contributed by atoms with Gasteiger partial charge in [-0.3, -0.25) is 4.79 Å². The maximum atomic E-state index is 11.5. The van der Waals surface area contributed by atoms with E-state index in [2.05, 4.69) is 10.6 Å². The number of hydrogen-bond donors (Lipinski definition) is 3. The van der Waals surface area contributed by atoms with E-state index >= 15 is 0 Å². The number of aliphatic hydroxyl groups is 1. The Morgan fingerprint density at radius 3 is 2.38 bits per heavy atom. The van der Waals surface area contributed by atoms with E-state index in [1.165, 1.54) is 0 Å². The lowest BCUT2D eigenvalue weighted by Gasteiger charge is -2.24.